The lowest BCUT2D eigenvalue weighted by Crippen LogP contribution is -1.99. The highest BCUT2D eigenvalue weighted by Gasteiger charge is 2.05. The van der Waals surface area contributed by atoms with Gasteiger partial charge in [0.15, 0.2) is 0 Å². The molecule has 86 valence electrons. The van der Waals surface area contributed by atoms with Gasteiger partial charge in [0, 0.05) is 23.5 Å². The van der Waals surface area contributed by atoms with Crippen molar-refractivity contribution in [2.24, 2.45) is 0 Å². The Morgan fingerprint density at radius 1 is 1.24 bits per heavy atom. The Morgan fingerprint density at radius 3 is 2.71 bits per heavy atom. The number of pyridine rings is 1. The molecule has 5 nitrogen and oxygen atoms in total. The first-order chi connectivity index (χ1) is 8.25. The Hall–Kier alpha value is -1.95. The van der Waals surface area contributed by atoms with Crippen molar-refractivity contribution in [3.63, 3.8) is 0 Å². The van der Waals surface area contributed by atoms with Gasteiger partial charge in [-0.05, 0) is 18.2 Å². The fraction of sp³-hybridized carbons (Fsp3) is 0.0909. The van der Waals surface area contributed by atoms with Gasteiger partial charge in [0.05, 0.1) is 5.75 Å². The van der Waals surface area contributed by atoms with Crippen molar-refractivity contribution in [2.45, 2.75) is 10.6 Å². The van der Waals surface area contributed by atoms with Gasteiger partial charge in [-0.2, -0.15) is 0 Å². The van der Waals surface area contributed by atoms with Gasteiger partial charge >= 0.3 is 5.97 Å². The highest BCUT2D eigenvalue weighted by atomic mass is 32.2. The van der Waals surface area contributed by atoms with E-state index in [0.29, 0.717) is 11.6 Å². The van der Waals surface area contributed by atoms with Gasteiger partial charge in [0.2, 0.25) is 0 Å². The monoisotopic (exact) mass is 247 g/mol. The summed E-state index contributed by atoms with van der Waals surface area (Å²) in [6, 6.07) is 5.05. The zero-order chi connectivity index (χ0) is 12.1. The largest absolute Gasteiger partial charge is 0.477 e. The zero-order valence-electron chi connectivity index (χ0n) is 8.78. The summed E-state index contributed by atoms with van der Waals surface area (Å²) in [6.07, 6.45) is 4.84. The Kier molecular flexibility index (Phi) is 3.66. The molecule has 0 aliphatic rings. The second kappa shape index (κ2) is 5.40. The van der Waals surface area contributed by atoms with Crippen LogP contribution in [0.15, 0.2) is 41.7 Å². The summed E-state index contributed by atoms with van der Waals surface area (Å²) in [5.74, 6) is 0.291. The van der Waals surface area contributed by atoms with Crippen molar-refractivity contribution in [1.82, 2.24) is 15.0 Å². The van der Waals surface area contributed by atoms with Gasteiger partial charge in [-0.3, -0.25) is 0 Å². The molecular formula is C11H9N3O2S. The first kappa shape index (κ1) is 11.5. The van der Waals surface area contributed by atoms with Crippen LogP contribution < -0.4 is 0 Å². The molecule has 0 aromatic carbocycles. The number of hydrogen-bond donors (Lipinski definition) is 1. The van der Waals surface area contributed by atoms with Crippen molar-refractivity contribution >= 4 is 17.7 Å². The van der Waals surface area contributed by atoms with E-state index < -0.39 is 5.97 Å². The minimum atomic E-state index is -1.02. The van der Waals surface area contributed by atoms with Crippen LogP contribution in [0.2, 0.25) is 0 Å². The molecule has 0 unspecified atom stereocenters. The average Bonchev–Trinajstić information content (AvgIpc) is 2.38. The summed E-state index contributed by atoms with van der Waals surface area (Å²) in [5, 5.41) is 8.80. The highest BCUT2D eigenvalue weighted by molar-refractivity contribution is 7.98. The number of rotatable bonds is 4. The molecule has 0 amide bonds. The van der Waals surface area contributed by atoms with Gasteiger partial charge in [-0.15, -0.1) is 11.8 Å². The first-order valence-electron chi connectivity index (χ1n) is 4.84. The highest BCUT2D eigenvalue weighted by Crippen LogP contribution is 2.21. The normalized spacial score (nSPS) is 10.1. The third kappa shape index (κ3) is 3.25. The standard InChI is InChI=1S/C11H9N3O2S/c15-11(16)9-6-8(2-5-12-9)17-7-10-13-3-1-4-14-10/h1-6H,7H2,(H,15,16). The van der Waals surface area contributed by atoms with E-state index in [-0.39, 0.29) is 5.69 Å². The van der Waals surface area contributed by atoms with Gasteiger partial charge in [-0.1, -0.05) is 0 Å². The number of hydrogen-bond acceptors (Lipinski definition) is 5. The van der Waals surface area contributed by atoms with Crippen LogP contribution in [0.3, 0.4) is 0 Å². The summed E-state index contributed by atoms with van der Waals surface area (Å²) in [4.78, 5) is 23.5. The summed E-state index contributed by atoms with van der Waals surface area (Å²) in [5.41, 5.74) is 0.0454. The molecule has 0 aliphatic carbocycles. The molecule has 0 saturated heterocycles. The second-order valence-corrected chi connectivity index (χ2v) is 4.18. The number of aromatic carboxylic acids is 1. The van der Waals surface area contributed by atoms with E-state index in [2.05, 4.69) is 15.0 Å². The third-order valence-electron chi connectivity index (χ3n) is 1.94. The number of thioether (sulfide) groups is 1. The number of nitrogens with zero attached hydrogens (tertiary/aromatic N) is 3. The van der Waals surface area contributed by atoms with E-state index in [1.165, 1.54) is 24.0 Å². The van der Waals surface area contributed by atoms with E-state index in [1.54, 1.807) is 24.5 Å². The van der Waals surface area contributed by atoms with Crippen molar-refractivity contribution in [3.8, 4) is 0 Å². The maximum Gasteiger partial charge on any atom is 0.354 e. The maximum atomic E-state index is 10.7. The van der Waals surface area contributed by atoms with Crippen molar-refractivity contribution in [2.75, 3.05) is 0 Å². The minimum Gasteiger partial charge on any atom is -0.477 e. The fourth-order valence-corrected chi connectivity index (χ4v) is 1.97. The Morgan fingerprint density at radius 2 is 2.00 bits per heavy atom. The van der Waals surface area contributed by atoms with Gasteiger partial charge in [-0.25, -0.2) is 19.7 Å². The summed E-state index contributed by atoms with van der Waals surface area (Å²) in [7, 11) is 0. The Bertz CT molecular complexity index is 519. The molecule has 0 aliphatic heterocycles. The maximum absolute atomic E-state index is 10.7. The molecule has 2 heterocycles. The van der Waals surface area contributed by atoms with Crippen LogP contribution in [0.4, 0.5) is 0 Å². The predicted octanol–water partition coefficient (Wildman–Crippen LogP) is 1.86. The molecule has 0 atom stereocenters. The van der Waals surface area contributed by atoms with Crippen molar-refractivity contribution in [1.29, 1.82) is 0 Å². The second-order valence-electron chi connectivity index (χ2n) is 3.14. The Balaban J connectivity index is 2.04. The lowest BCUT2D eigenvalue weighted by molar-refractivity contribution is 0.0690. The van der Waals surface area contributed by atoms with E-state index in [4.69, 9.17) is 5.11 Å². The van der Waals surface area contributed by atoms with Crippen LogP contribution in [0, 0.1) is 0 Å². The first-order valence-corrected chi connectivity index (χ1v) is 5.82. The molecule has 1 N–H and O–H groups in total. The summed E-state index contributed by atoms with van der Waals surface area (Å²) in [6.45, 7) is 0. The number of carbonyl (C=O) groups is 1. The predicted molar refractivity (Wildman–Crippen MR) is 62.8 cm³/mol. The lowest BCUT2D eigenvalue weighted by Gasteiger charge is -2.01. The molecule has 2 rings (SSSR count). The summed E-state index contributed by atoms with van der Waals surface area (Å²) >= 11 is 1.48. The lowest BCUT2D eigenvalue weighted by atomic mass is 10.3. The molecule has 6 heteroatoms. The van der Waals surface area contributed by atoms with Crippen LogP contribution >= 0.6 is 11.8 Å². The van der Waals surface area contributed by atoms with Crippen molar-refractivity contribution in [3.05, 3.63) is 48.3 Å². The smallest absolute Gasteiger partial charge is 0.354 e. The number of carboxylic acid groups (broad SMARTS) is 1. The molecule has 2 aromatic rings. The van der Waals surface area contributed by atoms with Crippen LogP contribution in [0.25, 0.3) is 0 Å². The fourth-order valence-electron chi connectivity index (χ4n) is 1.17. The molecular weight excluding hydrogens is 238 g/mol. The zero-order valence-corrected chi connectivity index (χ0v) is 9.59. The molecule has 0 saturated carbocycles. The molecule has 0 fully saturated rings. The Labute approximate surface area is 102 Å². The molecule has 0 radical (unpaired) electrons. The molecule has 0 bridgehead atoms. The van der Waals surface area contributed by atoms with E-state index >= 15 is 0 Å². The quantitative estimate of drug-likeness (QED) is 0.831. The molecule has 17 heavy (non-hydrogen) atoms. The number of aromatic nitrogens is 3. The minimum absolute atomic E-state index is 0.0454. The van der Waals surface area contributed by atoms with Crippen LogP contribution in [-0.2, 0) is 5.75 Å². The van der Waals surface area contributed by atoms with Crippen LogP contribution in [0.5, 0.6) is 0 Å². The van der Waals surface area contributed by atoms with Gasteiger partial charge in [0.1, 0.15) is 11.5 Å². The van der Waals surface area contributed by atoms with Crippen LogP contribution in [-0.4, -0.2) is 26.0 Å². The number of carboxylic acids is 1. The summed E-state index contributed by atoms with van der Waals surface area (Å²) < 4.78 is 0. The van der Waals surface area contributed by atoms with Gasteiger partial charge < -0.3 is 5.11 Å². The van der Waals surface area contributed by atoms with Crippen LogP contribution in [0.1, 0.15) is 16.3 Å². The third-order valence-corrected chi connectivity index (χ3v) is 2.93. The van der Waals surface area contributed by atoms with Gasteiger partial charge in [0.25, 0.3) is 0 Å². The van der Waals surface area contributed by atoms with E-state index in [1.807, 2.05) is 0 Å². The molecule has 0 spiro atoms. The SMILES string of the molecule is O=C(O)c1cc(SCc2ncccn2)ccn1. The molecule has 2 aromatic heterocycles. The van der Waals surface area contributed by atoms with E-state index in [0.717, 1.165) is 4.90 Å². The average molecular weight is 247 g/mol. The topological polar surface area (TPSA) is 76.0 Å². The van der Waals surface area contributed by atoms with Crippen molar-refractivity contribution < 1.29 is 9.90 Å². The van der Waals surface area contributed by atoms with E-state index in [9.17, 15) is 4.79 Å².